The van der Waals surface area contributed by atoms with Crippen molar-refractivity contribution in [2.24, 2.45) is 0 Å². The lowest BCUT2D eigenvalue weighted by Gasteiger charge is -2.21. The average molecular weight is 214 g/mol. The second-order valence-corrected chi connectivity index (χ2v) is 4.06. The van der Waals surface area contributed by atoms with Crippen molar-refractivity contribution in [1.29, 1.82) is 0 Å². The number of hydrogen-bond donors (Lipinski definition) is 1. The fraction of sp³-hybridized carbons (Fsp3) is 0.636. The van der Waals surface area contributed by atoms with Crippen LogP contribution in [0.1, 0.15) is 30.0 Å². The first-order valence-corrected chi connectivity index (χ1v) is 5.34. The summed E-state index contributed by atoms with van der Waals surface area (Å²) >= 11 is 0. The smallest absolute Gasteiger partial charge is 0.256 e. The number of nitrogens with one attached hydrogen (secondary N) is 1. The predicted molar refractivity (Wildman–Crippen MR) is 55.2 cm³/mol. The van der Waals surface area contributed by atoms with Gasteiger partial charge in [0, 0.05) is 18.4 Å². The van der Waals surface area contributed by atoms with E-state index in [4.69, 9.17) is 0 Å². The van der Waals surface area contributed by atoms with Crippen LogP contribution in [-0.4, -0.2) is 18.0 Å². The van der Waals surface area contributed by atoms with Gasteiger partial charge in [-0.25, -0.2) is 8.78 Å². The van der Waals surface area contributed by atoms with E-state index in [1.165, 1.54) is 11.1 Å². The quantitative estimate of drug-likeness (QED) is 0.817. The van der Waals surface area contributed by atoms with Crippen LogP contribution in [0.5, 0.6) is 0 Å². The molecule has 1 aliphatic carbocycles. The minimum absolute atomic E-state index is 0.191. The van der Waals surface area contributed by atoms with Gasteiger partial charge in [0.2, 0.25) is 0 Å². The Hall–Kier alpha value is -0.900. The Labute approximate surface area is 88.3 Å². The molecule has 1 unspecified atom stereocenters. The first-order valence-electron chi connectivity index (χ1n) is 5.34. The first-order chi connectivity index (χ1) is 7.20. The monoisotopic (exact) mass is 214 g/mol. The van der Waals surface area contributed by atoms with E-state index in [0.717, 1.165) is 19.3 Å². The fourth-order valence-corrected chi connectivity index (χ4v) is 2.31. The molecular weight excluding hydrogens is 198 g/mol. The molecule has 1 aliphatic rings. The minimum Gasteiger partial charge on any atom is -0.348 e. The van der Waals surface area contributed by atoms with E-state index in [-0.39, 0.29) is 6.54 Å². The SMILES string of the molecule is CNC1CCCc2cn(CC(F)F)cc21. The summed E-state index contributed by atoms with van der Waals surface area (Å²) in [5.41, 5.74) is 2.42. The van der Waals surface area contributed by atoms with Gasteiger partial charge in [-0.05, 0) is 37.4 Å². The molecule has 0 spiro atoms. The summed E-state index contributed by atoms with van der Waals surface area (Å²) in [7, 11) is 1.92. The van der Waals surface area contributed by atoms with Crippen LogP contribution in [0.25, 0.3) is 0 Å². The zero-order chi connectivity index (χ0) is 10.8. The molecule has 0 amide bonds. The molecule has 1 heterocycles. The van der Waals surface area contributed by atoms with Gasteiger partial charge in [-0.2, -0.15) is 0 Å². The third kappa shape index (κ3) is 2.20. The molecule has 0 aliphatic heterocycles. The molecule has 0 fully saturated rings. The Kier molecular flexibility index (Phi) is 3.05. The molecule has 1 N–H and O–H groups in total. The van der Waals surface area contributed by atoms with E-state index in [1.807, 2.05) is 19.4 Å². The van der Waals surface area contributed by atoms with Crippen molar-refractivity contribution in [2.45, 2.75) is 38.3 Å². The lowest BCUT2D eigenvalue weighted by molar-refractivity contribution is 0.126. The van der Waals surface area contributed by atoms with Gasteiger partial charge in [0.15, 0.2) is 0 Å². The number of nitrogens with zero attached hydrogens (tertiary/aromatic N) is 1. The van der Waals surface area contributed by atoms with Crippen molar-refractivity contribution in [3.63, 3.8) is 0 Å². The summed E-state index contributed by atoms with van der Waals surface area (Å²) in [6, 6.07) is 0.340. The molecule has 0 bridgehead atoms. The summed E-state index contributed by atoms with van der Waals surface area (Å²) in [5.74, 6) is 0. The molecule has 0 saturated heterocycles. The first kappa shape index (κ1) is 10.6. The van der Waals surface area contributed by atoms with E-state index >= 15 is 0 Å². The van der Waals surface area contributed by atoms with Gasteiger partial charge in [0.1, 0.15) is 0 Å². The molecule has 0 aromatic carbocycles. The molecule has 1 atom stereocenters. The maximum atomic E-state index is 12.2. The molecular formula is C11H16F2N2. The van der Waals surface area contributed by atoms with Gasteiger partial charge in [0.05, 0.1) is 6.54 Å². The number of aryl methyl sites for hydroxylation is 1. The highest BCUT2D eigenvalue weighted by Crippen LogP contribution is 2.30. The normalized spacial score (nSPS) is 20.7. The van der Waals surface area contributed by atoms with Crippen LogP contribution in [0.2, 0.25) is 0 Å². The summed E-state index contributed by atoms with van der Waals surface area (Å²) in [6.45, 7) is -0.191. The number of fused-ring (bicyclic) bond motifs is 1. The van der Waals surface area contributed by atoms with Gasteiger partial charge >= 0.3 is 0 Å². The highest BCUT2D eigenvalue weighted by atomic mass is 19.3. The largest absolute Gasteiger partial charge is 0.348 e. The van der Waals surface area contributed by atoms with Gasteiger partial charge in [-0.15, -0.1) is 0 Å². The van der Waals surface area contributed by atoms with Crippen molar-refractivity contribution >= 4 is 0 Å². The summed E-state index contributed by atoms with van der Waals surface area (Å²) in [6.07, 6.45) is 4.71. The highest BCUT2D eigenvalue weighted by molar-refractivity contribution is 5.30. The zero-order valence-electron chi connectivity index (χ0n) is 8.84. The Morgan fingerprint density at radius 2 is 2.33 bits per heavy atom. The van der Waals surface area contributed by atoms with E-state index in [0.29, 0.717) is 6.04 Å². The van der Waals surface area contributed by atoms with Crippen LogP contribution in [0.15, 0.2) is 12.4 Å². The standard InChI is InChI=1S/C11H16F2N2/c1-14-10-4-2-3-8-5-15(6-9(8)10)7-11(12)13/h5-6,10-11,14H,2-4,7H2,1H3. The Balaban J connectivity index is 2.21. The third-order valence-corrected chi connectivity index (χ3v) is 3.01. The zero-order valence-corrected chi connectivity index (χ0v) is 8.84. The topological polar surface area (TPSA) is 17.0 Å². The van der Waals surface area contributed by atoms with Crippen molar-refractivity contribution < 1.29 is 8.78 Å². The maximum Gasteiger partial charge on any atom is 0.256 e. The van der Waals surface area contributed by atoms with Crippen molar-refractivity contribution in [3.05, 3.63) is 23.5 Å². The number of aromatic nitrogens is 1. The van der Waals surface area contributed by atoms with Gasteiger partial charge < -0.3 is 9.88 Å². The van der Waals surface area contributed by atoms with Crippen molar-refractivity contribution in [3.8, 4) is 0 Å². The van der Waals surface area contributed by atoms with Crippen LogP contribution in [0.4, 0.5) is 8.78 Å². The van der Waals surface area contributed by atoms with Gasteiger partial charge in [-0.1, -0.05) is 0 Å². The molecule has 4 heteroatoms. The molecule has 84 valence electrons. The molecule has 2 rings (SSSR count). The lowest BCUT2D eigenvalue weighted by Crippen LogP contribution is -2.20. The second kappa shape index (κ2) is 4.31. The third-order valence-electron chi connectivity index (χ3n) is 3.01. The highest BCUT2D eigenvalue weighted by Gasteiger charge is 2.21. The number of rotatable bonds is 3. The minimum atomic E-state index is -2.27. The molecule has 1 aromatic heterocycles. The lowest BCUT2D eigenvalue weighted by atomic mass is 9.91. The number of hydrogen-bond acceptors (Lipinski definition) is 1. The van der Waals surface area contributed by atoms with Crippen LogP contribution < -0.4 is 5.32 Å². The van der Waals surface area contributed by atoms with Crippen LogP contribution in [0.3, 0.4) is 0 Å². The van der Waals surface area contributed by atoms with Crippen LogP contribution >= 0.6 is 0 Å². The number of alkyl halides is 2. The molecule has 15 heavy (non-hydrogen) atoms. The van der Waals surface area contributed by atoms with Gasteiger partial charge in [0.25, 0.3) is 6.43 Å². The van der Waals surface area contributed by atoms with E-state index < -0.39 is 6.43 Å². The van der Waals surface area contributed by atoms with Crippen molar-refractivity contribution in [2.75, 3.05) is 7.05 Å². The fourth-order valence-electron chi connectivity index (χ4n) is 2.31. The second-order valence-electron chi connectivity index (χ2n) is 4.06. The van der Waals surface area contributed by atoms with Crippen LogP contribution in [-0.2, 0) is 13.0 Å². The van der Waals surface area contributed by atoms with E-state index in [2.05, 4.69) is 5.32 Å². The van der Waals surface area contributed by atoms with E-state index in [9.17, 15) is 8.78 Å². The summed E-state index contributed by atoms with van der Waals surface area (Å²) in [4.78, 5) is 0. The molecule has 2 nitrogen and oxygen atoms in total. The predicted octanol–water partition coefficient (Wildman–Crippen LogP) is 2.35. The molecule has 1 aromatic rings. The Morgan fingerprint density at radius 3 is 3.00 bits per heavy atom. The van der Waals surface area contributed by atoms with Gasteiger partial charge in [-0.3, -0.25) is 0 Å². The average Bonchev–Trinajstić information content (AvgIpc) is 2.58. The molecule has 0 saturated carbocycles. The van der Waals surface area contributed by atoms with Crippen LogP contribution in [0, 0.1) is 0 Å². The summed E-state index contributed by atoms with van der Waals surface area (Å²) in [5, 5.41) is 3.23. The maximum absolute atomic E-state index is 12.2. The number of halogens is 2. The summed E-state index contributed by atoms with van der Waals surface area (Å²) < 4.78 is 26.1. The molecule has 0 radical (unpaired) electrons. The van der Waals surface area contributed by atoms with E-state index in [1.54, 1.807) is 4.57 Å². The Morgan fingerprint density at radius 1 is 1.53 bits per heavy atom. The Bertz CT molecular complexity index is 333. The van der Waals surface area contributed by atoms with Crippen molar-refractivity contribution in [1.82, 2.24) is 9.88 Å².